The topological polar surface area (TPSA) is 114 Å². The highest BCUT2D eigenvalue weighted by Crippen LogP contribution is 2.36. The lowest BCUT2D eigenvalue weighted by Gasteiger charge is -2.32. The fourth-order valence-corrected chi connectivity index (χ4v) is 2.95. The van der Waals surface area contributed by atoms with Crippen LogP contribution in [0.15, 0.2) is 12.4 Å². The standard InChI is InChI=1S/C17H26BN3O6/c1-16(2)17(3,4)27-18(26-16)11-7-19-15(20-8-11)25-12-5-6-21(9-12)14(24)13(23)10-22/h7-8,12-13,22-23H,5-6,9-10H2,1-4H3/t12-,13-/m1/s1. The Balaban J connectivity index is 1.57. The molecule has 0 unspecified atom stereocenters. The van der Waals surface area contributed by atoms with Crippen LogP contribution in [-0.2, 0) is 14.1 Å². The summed E-state index contributed by atoms with van der Waals surface area (Å²) in [6, 6.07) is 0.206. The first kappa shape index (κ1) is 20.0. The van der Waals surface area contributed by atoms with Crippen LogP contribution in [0.25, 0.3) is 0 Å². The van der Waals surface area contributed by atoms with E-state index in [0.29, 0.717) is 25.0 Å². The lowest BCUT2D eigenvalue weighted by atomic mass is 9.81. The number of carbonyl (C=O) groups is 1. The summed E-state index contributed by atoms with van der Waals surface area (Å²) in [7, 11) is -0.538. The Morgan fingerprint density at radius 1 is 1.33 bits per heavy atom. The van der Waals surface area contributed by atoms with E-state index in [4.69, 9.17) is 19.2 Å². The molecular weight excluding hydrogens is 353 g/mol. The highest BCUT2D eigenvalue weighted by Gasteiger charge is 2.52. The molecule has 3 rings (SSSR count). The SMILES string of the molecule is CC1(C)OB(c2cnc(O[C@@H]3CCN(C(=O)[C@H](O)CO)C3)nc2)OC1(C)C. The van der Waals surface area contributed by atoms with E-state index in [2.05, 4.69) is 9.97 Å². The molecule has 0 aliphatic carbocycles. The summed E-state index contributed by atoms with van der Waals surface area (Å²) in [4.78, 5) is 21.8. The van der Waals surface area contributed by atoms with Crippen molar-refractivity contribution in [3.8, 4) is 6.01 Å². The summed E-state index contributed by atoms with van der Waals surface area (Å²) >= 11 is 0. The van der Waals surface area contributed by atoms with Gasteiger partial charge in [-0.2, -0.15) is 0 Å². The molecule has 2 saturated heterocycles. The maximum Gasteiger partial charge on any atom is 0.498 e. The number of carbonyl (C=O) groups excluding carboxylic acids is 1. The minimum atomic E-state index is -1.39. The van der Waals surface area contributed by atoms with Crippen LogP contribution in [0.4, 0.5) is 0 Å². The number of nitrogens with zero attached hydrogens (tertiary/aromatic N) is 3. The van der Waals surface area contributed by atoms with Crippen molar-refractivity contribution in [1.82, 2.24) is 14.9 Å². The number of hydrogen-bond acceptors (Lipinski definition) is 8. The molecule has 148 valence electrons. The summed E-state index contributed by atoms with van der Waals surface area (Å²) in [6.45, 7) is 8.09. The van der Waals surface area contributed by atoms with Gasteiger partial charge < -0.3 is 29.2 Å². The van der Waals surface area contributed by atoms with Crippen molar-refractivity contribution in [2.45, 2.75) is 57.5 Å². The van der Waals surface area contributed by atoms with Crippen LogP contribution >= 0.6 is 0 Å². The number of hydrogen-bond donors (Lipinski definition) is 2. The summed E-state index contributed by atoms with van der Waals surface area (Å²) in [5.41, 5.74) is -0.173. The van der Waals surface area contributed by atoms with Gasteiger partial charge in [0.1, 0.15) is 6.10 Å². The Bertz CT molecular complexity index is 668. The maximum absolute atomic E-state index is 11.9. The van der Waals surface area contributed by atoms with Crippen LogP contribution in [0.1, 0.15) is 34.1 Å². The molecule has 2 aliphatic rings. The van der Waals surface area contributed by atoms with Gasteiger partial charge >= 0.3 is 13.1 Å². The summed E-state index contributed by atoms with van der Waals surface area (Å²) in [6.07, 6.45) is 2.17. The molecule has 27 heavy (non-hydrogen) atoms. The van der Waals surface area contributed by atoms with Gasteiger partial charge in [-0.05, 0) is 27.7 Å². The first-order valence-electron chi connectivity index (χ1n) is 9.05. The molecular formula is C17H26BN3O6. The predicted molar refractivity (Wildman–Crippen MR) is 96.5 cm³/mol. The molecule has 0 spiro atoms. The summed E-state index contributed by atoms with van der Waals surface area (Å²) < 4.78 is 17.7. The first-order chi connectivity index (χ1) is 12.6. The fraction of sp³-hybridized carbons (Fsp3) is 0.706. The minimum Gasteiger partial charge on any atom is -0.458 e. The van der Waals surface area contributed by atoms with Crippen molar-refractivity contribution in [3.63, 3.8) is 0 Å². The lowest BCUT2D eigenvalue weighted by Crippen LogP contribution is -2.41. The van der Waals surface area contributed by atoms with Crippen LogP contribution in [-0.4, -0.2) is 81.2 Å². The van der Waals surface area contributed by atoms with E-state index in [1.165, 1.54) is 4.90 Å². The van der Waals surface area contributed by atoms with Gasteiger partial charge in [0.15, 0.2) is 6.10 Å². The average Bonchev–Trinajstić information content (AvgIpc) is 3.16. The number of rotatable bonds is 5. The quantitative estimate of drug-likeness (QED) is 0.634. The highest BCUT2D eigenvalue weighted by molar-refractivity contribution is 6.61. The highest BCUT2D eigenvalue weighted by atomic mass is 16.7. The Morgan fingerprint density at radius 2 is 1.93 bits per heavy atom. The van der Waals surface area contributed by atoms with Crippen LogP contribution < -0.4 is 10.2 Å². The molecule has 3 heterocycles. The van der Waals surface area contributed by atoms with E-state index in [1.54, 1.807) is 12.4 Å². The van der Waals surface area contributed by atoms with E-state index in [0.717, 1.165) is 0 Å². The van der Waals surface area contributed by atoms with Gasteiger partial charge in [-0.25, -0.2) is 9.97 Å². The monoisotopic (exact) mass is 379 g/mol. The number of amides is 1. The van der Waals surface area contributed by atoms with E-state index in [1.807, 2.05) is 27.7 Å². The molecule has 0 saturated carbocycles. The third-order valence-electron chi connectivity index (χ3n) is 5.36. The molecule has 0 aromatic carbocycles. The second-order valence-corrected chi connectivity index (χ2v) is 7.90. The molecule has 10 heteroatoms. The van der Waals surface area contributed by atoms with E-state index < -0.39 is 36.9 Å². The Hall–Kier alpha value is -1.75. The number of aliphatic hydroxyl groups excluding tert-OH is 2. The zero-order valence-electron chi connectivity index (χ0n) is 16.1. The minimum absolute atomic E-state index is 0.206. The largest absolute Gasteiger partial charge is 0.498 e. The second kappa shape index (κ2) is 7.35. The Labute approximate surface area is 158 Å². The van der Waals surface area contributed by atoms with Crippen molar-refractivity contribution < 1.29 is 29.1 Å². The molecule has 1 aromatic heterocycles. The third-order valence-corrected chi connectivity index (χ3v) is 5.36. The molecule has 1 amide bonds. The molecule has 1 aromatic rings. The van der Waals surface area contributed by atoms with E-state index >= 15 is 0 Å². The van der Waals surface area contributed by atoms with Gasteiger partial charge in [0.05, 0.1) is 24.4 Å². The molecule has 2 N–H and O–H groups in total. The van der Waals surface area contributed by atoms with Gasteiger partial charge in [0.2, 0.25) is 0 Å². The number of aliphatic hydroxyl groups is 2. The van der Waals surface area contributed by atoms with Crippen molar-refractivity contribution in [3.05, 3.63) is 12.4 Å². The Morgan fingerprint density at radius 3 is 2.48 bits per heavy atom. The van der Waals surface area contributed by atoms with E-state index in [-0.39, 0.29) is 12.1 Å². The number of aromatic nitrogens is 2. The van der Waals surface area contributed by atoms with Crippen LogP contribution in [0.5, 0.6) is 6.01 Å². The van der Waals surface area contributed by atoms with E-state index in [9.17, 15) is 9.90 Å². The molecule has 2 atom stereocenters. The normalized spacial score (nSPS) is 24.9. The first-order valence-corrected chi connectivity index (χ1v) is 9.05. The maximum atomic E-state index is 11.9. The molecule has 9 nitrogen and oxygen atoms in total. The van der Waals surface area contributed by atoms with Crippen LogP contribution in [0, 0.1) is 0 Å². The average molecular weight is 379 g/mol. The molecule has 2 fully saturated rings. The molecule has 2 aliphatic heterocycles. The zero-order valence-corrected chi connectivity index (χ0v) is 16.1. The lowest BCUT2D eigenvalue weighted by molar-refractivity contribution is -0.141. The van der Waals surface area contributed by atoms with Gasteiger partial charge in [-0.15, -0.1) is 0 Å². The second-order valence-electron chi connectivity index (χ2n) is 7.90. The van der Waals surface area contributed by atoms with Crippen LogP contribution in [0.2, 0.25) is 0 Å². The fourth-order valence-electron chi connectivity index (χ4n) is 2.95. The van der Waals surface area contributed by atoms with Gasteiger partial charge in [0.25, 0.3) is 5.91 Å². The van der Waals surface area contributed by atoms with Crippen molar-refractivity contribution in [1.29, 1.82) is 0 Å². The summed E-state index contributed by atoms with van der Waals surface area (Å²) in [5.74, 6) is -0.499. The smallest absolute Gasteiger partial charge is 0.458 e. The number of ether oxygens (including phenoxy) is 1. The third kappa shape index (κ3) is 4.08. The molecule has 0 bridgehead atoms. The van der Waals surface area contributed by atoms with Gasteiger partial charge in [-0.3, -0.25) is 4.79 Å². The van der Waals surface area contributed by atoms with Crippen molar-refractivity contribution >= 4 is 18.5 Å². The zero-order chi connectivity index (χ0) is 19.8. The molecule has 0 radical (unpaired) electrons. The summed E-state index contributed by atoms with van der Waals surface area (Å²) in [5, 5.41) is 18.3. The van der Waals surface area contributed by atoms with Crippen molar-refractivity contribution in [2.75, 3.05) is 19.7 Å². The van der Waals surface area contributed by atoms with Gasteiger partial charge in [0, 0.05) is 30.8 Å². The van der Waals surface area contributed by atoms with Gasteiger partial charge in [-0.1, -0.05) is 0 Å². The van der Waals surface area contributed by atoms with Crippen LogP contribution in [0.3, 0.4) is 0 Å². The Kier molecular flexibility index (Phi) is 5.44. The number of likely N-dealkylation sites (tertiary alicyclic amines) is 1. The van der Waals surface area contributed by atoms with Crippen molar-refractivity contribution in [2.24, 2.45) is 0 Å². The predicted octanol–water partition coefficient (Wildman–Crippen LogP) is -0.891.